The lowest BCUT2D eigenvalue weighted by Gasteiger charge is -2.03. The SMILES string of the molecule is CCCOCCCNC(=O)CC. The van der Waals surface area contributed by atoms with E-state index in [1.807, 2.05) is 6.92 Å². The Morgan fingerprint density at radius 1 is 1.33 bits per heavy atom. The quantitative estimate of drug-likeness (QED) is 0.590. The Bertz CT molecular complexity index is 115. The lowest BCUT2D eigenvalue weighted by atomic mass is 10.4. The first kappa shape index (κ1) is 11.4. The maximum absolute atomic E-state index is 10.7. The molecule has 0 aliphatic carbocycles. The van der Waals surface area contributed by atoms with Gasteiger partial charge in [0.25, 0.3) is 0 Å². The monoisotopic (exact) mass is 173 g/mol. The van der Waals surface area contributed by atoms with Crippen LogP contribution in [-0.4, -0.2) is 25.7 Å². The van der Waals surface area contributed by atoms with Crippen LogP contribution in [0.3, 0.4) is 0 Å². The Balaban J connectivity index is 2.95. The molecular weight excluding hydrogens is 154 g/mol. The second-order valence-corrected chi connectivity index (χ2v) is 2.67. The molecule has 0 aliphatic heterocycles. The summed E-state index contributed by atoms with van der Waals surface area (Å²) in [7, 11) is 0. The van der Waals surface area contributed by atoms with Crippen molar-refractivity contribution in [3.05, 3.63) is 0 Å². The number of amides is 1. The van der Waals surface area contributed by atoms with Crippen molar-refractivity contribution in [1.29, 1.82) is 0 Å². The molecule has 0 bridgehead atoms. The number of hydrogen-bond donors (Lipinski definition) is 1. The molecule has 3 heteroatoms. The molecule has 0 rings (SSSR count). The van der Waals surface area contributed by atoms with Crippen LogP contribution in [0.2, 0.25) is 0 Å². The number of hydrogen-bond acceptors (Lipinski definition) is 2. The molecule has 12 heavy (non-hydrogen) atoms. The van der Waals surface area contributed by atoms with Crippen molar-refractivity contribution < 1.29 is 9.53 Å². The molecule has 0 aromatic rings. The summed E-state index contributed by atoms with van der Waals surface area (Å²) in [6.07, 6.45) is 2.53. The number of ether oxygens (including phenoxy) is 1. The van der Waals surface area contributed by atoms with E-state index < -0.39 is 0 Å². The van der Waals surface area contributed by atoms with E-state index >= 15 is 0 Å². The second-order valence-electron chi connectivity index (χ2n) is 2.67. The number of nitrogens with one attached hydrogen (secondary N) is 1. The van der Waals surface area contributed by atoms with Crippen LogP contribution < -0.4 is 5.32 Å². The van der Waals surface area contributed by atoms with E-state index in [4.69, 9.17) is 4.74 Å². The van der Waals surface area contributed by atoms with Gasteiger partial charge >= 0.3 is 0 Å². The molecule has 0 radical (unpaired) electrons. The van der Waals surface area contributed by atoms with Crippen molar-refractivity contribution >= 4 is 5.91 Å². The summed E-state index contributed by atoms with van der Waals surface area (Å²) in [5.74, 6) is 0.116. The van der Waals surface area contributed by atoms with Crippen LogP contribution >= 0.6 is 0 Å². The lowest BCUT2D eigenvalue weighted by molar-refractivity contribution is -0.120. The van der Waals surface area contributed by atoms with Gasteiger partial charge in [-0.05, 0) is 12.8 Å². The topological polar surface area (TPSA) is 38.3 Å². The van der Waals surface area contributed by atoms with Gasteiger partial charge in [-0.15, -0.1) is 0 Å². The number of rotatable bonds is 7. The van der Waals surface area contributed by atoms with E-state index in [1.165, 1.54) is 0 Å². The van der Waals surface area contributed by atoms with Crippen LogP contribution in [0.15, 0.2) is 0 Å². The molecule has 0 aromatic carbocycles. The van der Waals surface area contributed by atoms with Crippen LogP contribution in [0.1, 0.15) is 33.1 Å². The molecule has 72 valence electrons. The van der Waals surface area contributed by atoms with Crippen LogP contribution in [0.5, 0.6) is 0 Å². The third-order valence-electron chi connectivity index (χ3n) is 1.46. The molecule has 3 nitrogen and oxygen atoms in total. The third-order valence-corrected chi connectivity index (χ3v) is 1.46. The van der Waals surface area contributed by atoms with Crippen molar-refractivity contribution in [3.63, 3.8) is 0 Å². The molecule has 0 aliphatic rings. The standard InChI is InChI=1S/C9H19NO2/c1-3-7-12-8-5-6-10-9(11)4-2/h3-8H2,1-2H3,(H,10,11). The predicted molar refractivity (Wildman–Crippen MR) is 49.0 cm³/mol. The first-order valence-electron chi connectivity index (χ1n) is 4.65. The van der Waals surface area contributed by atoms with E-state index in [2.05, 4.69) is 12.2 Å². The highest BCUT2D eigenvalue weighted by Gasteiger charge is 1.94. The van der Waals surface area contributed by atoms with Gasteiger partial charge in [-0.3, -0.25) is 4.79 Å². The van der Waals surface area contributed by atoms with Gasteiger partial charge in [0.2, 0.25) is 5.91 Å². The number of carbonyl (C=O) groups excluding carboxylic acids is 1. The minimum absolute atomic E-state index is 0.116. The first-order valence-corrected chi connectivity index (χ1v) is 4.65. The van der Waals surface area contributed by atoms with Crippen LogP contribution in [0.25, 0.3) is 0 Å². The molecule has 0 saturated carbocycles. The van der Waals surface area contributed by atoms with E-state index in [1.54, 1.807) is 0 Å². The van der Waals surface area contributed by atoms with Gasteiger partial charge in [-0.1, -0.05) is 13.8 Å². The molecule has 0 aromatic heterocycles. The summed E-state index contributed by atoms with van der Waals surface area (Å²) in [6.45, 7) is 6.23. The maximum atomic E-state index is 10.7. The lowest BCUT2D eigenvalue weighted by Crippen LogP contribution is -2.24. The zero-order valence-corrected chi connectivity index (χ0v) is 8.06. The second kappa shape index (κ2) is 8.53. The van der Waals surface area contributed by atoms with Crippen molar-refractivity contribution in [3.8, 4) is 0 Å². The van der Waals surface area contributed by atoms with Gasteiger partial charge in [-0.25, -0.2) is 0 Å². The zero-order chi connectivity index (χ0) is 9.23. The maximum Gasteiger partial charge on any atom is 0.219 e. The highest BCUT2D eigenvalue weighted by atomic mass is 16.5. The highest BCUT2D eigenvalue weighted by Crippen LogP contribution is 1.84. The average Bonchev–Trinajstić information content (AvgIpc) is 2.10. The van der Waals surface area contributed by atoms with Gasteiger partial charge in [0.1, 0.15) is 0 Å². The molecular formula is C9H19NO2. The Morgan fingerprint density at radius 3 is 2.67 bits per heavy atom. The smallest absolute Gasteiger partial charge is 0.219 e. The number of carbonyl (C=O) groups is 1. The van der Waals surface area contributed by atoms with Crippen LogP contribution in [0.4, 0.5) is 0 Å². The third kappa shape index (κ3) is 7.54. The molecule has 0 fully saturated rings. The molecule has 0 heterocycles. The fraction of sp³-hybridized carbons (Fsp3) is 0.889. The van der Waals surface area contributed by atoms with Crippen LogP contribution in [-0.2, 0) is 9.53 Å². The van der Waals surface area contributed by atoms with E-state index in [9.17, 15) is 4.79 Å². The Kier molecular flexibility index (Phi) is 8.12. The predicted octanol–water partition coefficient (Wildman–Crippen LogP) is 1.33. The molecule has 1 amide bonds. The fourth-order valence-electron chi connectivity index (χ4n) is 0.773. The largest absolute Gasteiger partial charge is 0.381 e. The average molecular weight is 173 g/mol. The summed E-state index contributed by atoms with van der Waals surface area (Å²) >= 11 is 0. The first-order chi connectivity index (χ1) is 5.81. The van der Waals surface area contributed by atoms with Gasteiger partial charge in [0, 0.05) is 26.2 Å². The Labute approximate surface area is 74.5 Å². The van der Waals surface area contributed by atoms with Crippen molar-refractivity contribution in [2.24, 2.45) is 0 Å². The normalized spacial score (nSPS) is 9.83. The summed E-state index contributed by atoms with van der Waals surface area (Å²) in [6, 6.07) is 0. The zero-order valence-electron chi connectivity index (χ0n) is 8.06. The summed E-state index contributed by atoms with van der Waals surface area (Å²) < 4.78 is 5.25. The molecule has 0 unspecified atom stereocenters. The summed E-state index contributed by atoms with van der Waals surface area (Å²) in [5.41, 5.74) is 0. The highest BCUT2D eigenvalue weighted by molar-refractivity contribution is 5.75. The van der Waals surface area contributed by atoms with Crippen LogP contribution in [0, 0.1) is 0 Å². The molecule has 0 spiro atoms. The summed E-state index contributed by atoms with van der Waals surface area (Å²) in [4.78, 5) is 10.7. The molecule has 1 N–H and O–H groups in total. The van der Waals surface area contributed by atoms with Gasteiger partial charge < -0.3 is 10.1 Å². The Hall–Kier alpha value is -0.570. The van der Waals surface area contributed by atoms with Gasteiger partial charge in [-0.2, -0.15) is 0 Å². The molecule has 0 atom stereocenters. The van der Waals surface area contributed by atoms with E-state index in [0.29, 0.717) is 6.42 Å². The minimum atomic E-state index is 0.116. The van der Waals surface area contributed by atoms with Gasteiger partial charge in [0.15, 0.2) is 0 Å². The van der Waals surface area contributed by atoms with E-state index in [-0.39, 0.29) is 5.91 Å². The Morgan fingerprint density at radius 2 is 2.08 bits per heavy atom. The van der Waals surface area contributed by atoms with E-state index in [0.717, 1.165) is 32.6 Å². The fourth-order valence-corrected chi connectivity index (χ4v) is 0.773. The van der Waals surface area contributed by atoms with Crippen molar-refractivity contribution in [2.45, 2.75) is 33.1 Å². The minimum Gasteiger partial charge on any atom is -0.381 e. The van der Waals surface area contributed by atoms with Crippen molar-refractivity contribution in [2.75, 3.05) is 19.8 Å². The van der Waals surface area contributed by atoms with Crippen molar-refractivity contribution in [1.82, 2.24) is 5.32 Å². The van der Waals surface area contributed by atoms with Gasteiger partial charge in [0.05, 0.1) is 0 Å². The molecule has 0 saturated heterocycles. The summed E-state index contributed by atoms with van der Waals surface area (Å²) in [5, 5.41) is 2.79.